The Labute approximate surface area is 178 Å². The number of nitrogens with one attached hydrogen (secondary N) is 1. The molecule has 1 aromatic carbocycles. The number of nitrogens with zero attached hydrogens (tertiary/aromatic N) is 2. The van der Waals surface area contributed by atoms with Crippen LogP contribution < -0.4 is 15.8 Å². The van der Waals surface area contributed by atoms with Gasteiger partial charge >= 0.3 is 0 Å². The number of aliphatic imine (C=N–C) groups is 1. The quantitative estimate of drug-likeness (QED) is 0.289. The molecule has 27 heavy (non-hydrogen) atoms. The van der Waals surface area contributed by atoms with Gasteiger partial charge in [0, 0.05) is 29.8 Å². The number of ether oxygens (including phenoxy) is 1. The van der Waals surface area contributed by atoms with Crippen molar-refractivity contribution in [3.63, 3.8) is 0 Å². The summed E-state index contributed by atoms with van der Waals surface area (Å²) in [4.78, 5) is 9.81. The average Bonchev–Trinajstić information content (AvgIpc) is 3.15. The van der Waals surface area contributed by atoms with Crippen LogP contribution >= 0.6 is 35.3 Å². The van der Waals surface area contributed by atoms with Crippen molar-refractivity contribution in [3.05, 3.63) is 76.4 Å². The van der Waals surface area contributed by atoms with Gasteiger partial charge in [-0.1, -0.05) is 18.2 Å². The Bertz CT molecular complexity index is 856. The number of halogens is 2. The van der Waals surface area contributed by atoms with Crippen LogP contribution in [0.3, 0.4) is 0 Å². The van der Waals surface area contributed by atoms with Gasteiger partial charge in [0.15, 0.2) is 5.96 Å². The number of guanidine groups is 1. The summed E-state index contributed by atoms with van der Waals surface area (Å²) in [7, 11) is 0. The van der Waals surface area contributed by atoms with Gasteiger partial charge in [-0.2, -0.15) is 0 Å². The molecule has 0 aliphatic heterocycles. The molecule has 3 rings (SSSR count). The van der Waals surface area contributed by atoms with Crippen molar-refractivity contribution in [1.82, 2.24) is 10.3 Å². The van der Waals surface area contributed by atoms with E-state index in [0.29, 0.717) is 24.1 Å². The van der Waals surface area contributed by atoms with Crippen molar-refractivity contribution in [1.29, 1.82) is 0 Å². The molecule has 0 saturated carbocycles. The summed E-state index contributed by atoms with van der Waals surface area (Å²) in [5.41, 5.74) is 6.77. The van der Waals surface area contributed by atoms with E-state index < -0.39 is 0 Å². The van der Waals surface area contributed by atoms with Crippen LogP contribution in [-0.4, -0.2) is 17.5 Å². The van der Waals surface area contributed by atoms with Gasteiger partial charge in [-0.3, -0.25) is 0 Å². The minimum absolute atomic E-state index is 0. The van der Waals surface area contributed by atoms with Gasteiger partial charge in [0.2, 0.25) is 5.88 Å². The molecular weight excluding hydrogens is 478 g/mol. The van der Waals surface area contributed by atoms with E-state index in [9.17, 15) is 4.39 Å². The first-order valence-corrected chi connectivity index (χ1v) is 9.01. The minimum Gasteiger partial charge on any atom is -0.439 e. The first-order chi connectivity index (χ1) is 12.7. The number of aromatic nitrogens is 1. The van der Waals surface area contributed by atoms with Crippen LogP contribution in [0.2, 0.25) is 0 Å². The molecule has 0 spiro atoms. The zero-order chi connectivity index (χ0) is 18.2. The molecule has 2 aromatic heterocycles. The molecule has 0 radical (unpaired) electrons. The number of pyridine rings is 1. The summed E-state index contributed by atoms with van der Waals surface area (Å²) in [5.74, 6) is 0.852. The molecule has 2 heterocycles. The summed E-state index contributed by atoms with van der Waals surface area (Å²) in [6.07, 6.45) is 2.58. The maximum Gasteiger partial charge on any atom is 0.219 e. The topological polar surface area (TPSA) is 72.5 Å². The van der Waals surface area contributed by atoms with Gasteiger partial charge in [-0.15, -0.1) is 35.3 Å². The fraction of sp³-hybridized carbons (Fsp3) is 0.158. The molecule has 5 nitrogen and oxygen atoms in total. The first kappa shape index (κ1) is 21.1. The second kappa shape index (κ2) is 10.8. The minimum atomic E-state index is -0.351. The average molecular weight is 498 g/mol. The summed E-state index contributed by atoms with van der Waals surface area (Å²) < 4.78 is 18.7. The van der Waals surface area contributed by atoms with Gasteiger partial charge in [0.05, 0.1) is 6.54 Å². The zero-order valence-electron chi connectivity index (χ0n) is 14.5. The van der Waals surface area contributed by atoms with Crippen molar-refractivity contribution < 1.29 is 9.13 Å². The molecule has 0 saturated heterocycles. The molecule has 0 bridgehead atoms. The first-order valence-electron chi connectivity index (χ1n) is 8.13. The van der Waals surface area contributed by atoms with Crippen molar-refractivity contribution >= 4 is 41.3 Å². The third-order valence-electron chi connectivity index (χ3n) is 3.51. The Kier molecular flexibility index (Phi) is 8.46. The van der Waals surface area contributed by atoms with Crippen LogP contribution in [0.5, 0.6) is 11.6 Å². The lowest BCUT2D eigenvalue weighted by Crippen LogP contribution is -2.33. The molecule has 3 aromatic rings. The number of rotatable bonds is 7. The third-order valence-corrected chi connectivity index (χ3v) is 4.44. The maximum atomic E-state index is 13.1. The van der Waals surface area contributed by atoms with E-state index in [1.54, 1.807) is 35.7 Å². The lowest BCUT2D eigenvalue weighted by atomic mass is 10.3. The van der Waals surface area contributed by atoms with Crippen molar-refractivity contribution in [2.75, 3.05) is 6.54 Å². The van der Waals surface area contributed by atoms with E-state index in [-0.39, 0.29) is 29.8 Å². The van der Waals surface area contributed by atoms with Crippen LogP contribution in [0, 0.1) is 5.82 Å². The van der Waals surface area contributed by atoms with E-state index in [4.69, 9.17) is 10.5 Å². The molecule has 0 atom stereocenters. The van der Waals surface area contributed by atoms with Crippen LogP contribution in [0.25, 0.3) is 0 Å². The Hall–Kier alpha value is -2.20. The van der Waals surface area contributed by atoms with Gasteiger partial charge < -0.3 is 15.8 Å². The summed E-state index contributed by atoms with van der Waals surface area (Å²) in [5, 5.41) is 5.15. The standard InChI is InChI=1S/C19H19FN4OS.HI/c20-15-3-1-4-16(11-15)25-18-7-6-14(12-23-18)13-24-19(21)22-9-8-17-5-2-10-26-17;/h1-7,10-12H,8-9,13H2,(H3,21,22,24);1H. The Balaban J connectivity index is 0.00000261. The van der Waals surface area contributed by atoms with E-state index in [1.807, 2.05) is 12.1 Å². The van der Waals surface area contributed by atoms with E-state index in [1.165, 1.54) is 17.0 Å². The van der Waals surface area contributed by atoms with Crippen molar-refractivity contribution in [2.45, 2.75) is 13.0 Å². The Morgan fingerprint density at radius 3 is 2.81 bits per heavy atom. The molecule has 142 valence electrons. The highest BCUT2D eigenvalue weighted by Gasteiger charge is 2.01. The number of hydrogen-bond donors (Lipinski definition) is 2. The lowest BCUT2D eigenvalue weighted by molar-refractivity contribution is 0.457. The van der Waals surface area contributed by atoms with Crippen LogP contribution in [0.15, 0.2) is 65.1 Å². The molecule has 0 amide bonds. The van der Waals surface area contributed by atoms with Crippen LogP contribution in [0.4, 0.5) is 4.39 Å². The lowest BCUT2D eigenvalue weighted by Gasteiger charge is -2.06. The predicted molar refractivity (Wildman–Crippen MR) is 117 cm³/mol. The van der Waals surface area contributed by atoms with E-state index in [0.717, 1.165) is 18.5 Å². The largest absolute Gasteiger partial charge is 0.439 e. The predicted octanol–water partition coefficient (Wildman–Crippen LogP) is 4.34. The van der Waals surface area contributed by atoms with Gasteiger partial charge in [0.1, 0.15) is 11.6 Å². The molecule has 0 aliphatic rings. The molecule has 0 aliphatic carbocycles. The monoisotopic (exact) mass is 498 g/mol. The van der Waals surface area contributed by atoms with Crippen LogP contribution in [0.1, 0.15) is 10.4 Å². The summed E-state index contributed by atoms with van der Waals surface area (Å²) in [6, 6.07) is 13.6. The highest BCUT2D eigenvalue weighted by molar-refractivity contribution is 14.0. The smallest absolute Gasteiger partial charge is 0.219 e. The van der Waals surface area contributed by atoms with Gasteiger partial charge in [-0.25, -0.2) is 14.4 Å². The second-order valence-corrected chi connectivity index (χ2v) is 6.55. The van der Waals surface area contributed by atoms with Crippen molar-refractivity contribution in [3.8, 4) is 11.6 Å². The number of hydrogen-bond acceptors (Lipinski definition) is 4. The number of benzene rings is 1. The number of nitrogens with two attached hydrogens (primary N) is 1. The van der Waals surface area contributed by atoms with Gasteiger partial charge in [0.25, 0.3) is 0 Å². The molecular formula is C19H20FIN4OS. The highest BCUT2D eigenvalue weighted by Crippen LogP contribution is 2.20. The molecule has 0 unspecified atom stereocenters. The maximum absolute atomic E-state index is 13.1. The SMILES string of the molecule is I.NC(=NCc1ccc(Oc2cccc(F)c2)nc1)NCCc1cccs1. The zero-order valence-corrected chi connectivity index (χ0v) is 17.6. The third kappa shape index (κ3) is 7.14. The van der Waals surface area contributed by atoms with E-state index >= 15 is 0 Å². The summed E-state index contributed by atoms with van der Waals surface area (Å²) >= 11 is 1.73. The number of thiophene rings is 1. The van der Waals surface area contributed by atoms with Crippen molar-refractivity contribution in [2.24, 2.45) is 10.7 Å². The summed E-state index contributed by atoms with van der Waals surface area (Å²) in [6.45, 7) is 1.17. The highest BCUT2D eigenvalue weighted by atomic mass is 127. The Morgan fingerprint density at radius 2 is 2.11 bits per heavy atom. The molecule has 0 fully saturated rings. The second-order valence-electron chi connectivity index (χ2n) is 5.52. The van der Waals surface area contributed by atoms with Gasteiger partial charge in [-0.05, 0) is 35.6 Å². The normalized spacial score (nSPS) is 10.9. The molecule has 3 N–H and O–H groups in total. The fourth-order valence-corrected chi connectivity index (χ4v) is 2.93. The Morgan fingerprint density at radius 1 is 1.22 bits per heavy atom. The van der Waals surface area contributed by atoms with Crippen LogP contribution in [-0.2, 0) is 13.0 Å². The molecule has 8 heteroatoms. The van der Waals surface area contributed by atoms with E-state index in [2.05, 4.69) is 26.7 Å². The fourth-order valence-electron chi connectivity index (χ4n) is 2.22.